The lowest BCUT2D eigenvalue weighted by molar-refractivity contribution is 1.47. The SMILES string of the molecule is Nc1ccc2c(c1)C1=CC=CC(S)C1=N2. The van der Waals surface area contributed by atoms with E-state index in [2.05, 4.69) is 23.7 Å². The first-order valence-electron chi connectivity index (χ1n) is 4.81. The van der Waals surface area contributed by atoms with Gasteiger partial charge in [-0.05, 0) is 18.2 Å². The van der Waals surface area contributed by atoms with Gasteiger partial charge >= 0.3 is 0 Å². The van der Waals surface area contributed by atoms with Crippen LogP contribution in [0.1, 0.15) is 5.56 Å². The first kappa shape index (κ1) is 8.80. The van der Waals surface area contributed by atoms with Gasteiger partial charge in [-0.15, -0.1) is 0 Å². The van der Waals surface area contributed by atoms with Gasteiger partial charge in [0.2, 0.25) is 0 Å². The summed E-state index contributed by atoms with van der Waals surface area (Å²) >= 11 is 4.48. The molecule has 3 heteroatoms. The van der Waals surface area contributed by atoms with Gasteiger partial charge in [-0.3, -0.25) is 4.99 Å². The Bertz CT molecular complexity index is 526. The Morgan fingerprint density at radius 3 is 3.07 bits per heavy atom. The van der Waals surface area contributed by atoms with E-state index >= 15 is 0 Å². The zero-order chi connectivity index (χ0) is 10.4. The fourth-order valence-corrected chi connectivity index (χ4v) is 2.24. The second-order valence-electron chi connectivity index (χ2n) is 3.68. The molecule has 1 aliphatic heterocycles. The first-order chi connectivity index (χ1) is 7.25. The normalized spacial score (nSPS) is 21.8. The van der Waals surface area contributed by atoms with Crippen molar-refractivity contribution in [3.8, 4) is 0 Å². The maximum Gasteiger partial charge on any atom is 0.0714 e. The van der Waals surface area contributed by atoms with Crippen LogP contribution in [0, 0.1) is 0 Å². The smallest absolute Gasteiger partial charge is 0.0714 e. The lowest BCUT2D eigenvalue weighted by atomic mass is 9.97. The minimum Gasteiger partial charge on any atom is -0.399 e. The molecule has 1 aliphatic carbocycles. The summed E-state index contributed by atoms with van der Waals surface area (Å²) in [5, 5.41) is 0.0959. The average Bonchev–Trinajstić information content (AvgIpc) is 2.58. The first-order valence-corrected chi connectivity index (χ1v) is 5.33. The van der Waals surface area contributed by atoms with Crippen LogP contribution in [-0.2, 0) is 0 Å². The summed E-state index contributed by atoms with van der Waals surface area (Å²) in [4.78, 5) is 4.56. The molecule has 0 radical (unpaired) electrons. The minimum absolute atomic E-state index is 0.0959. The van der Waals surface area contributed by atoms with Crippen LogP contribution in [0.5, 0.6) is 0 Å². The highest BCUT2D eigenvalue weighted by Gasteiger charge is 2.25. The molecule has 0 fully saturated rings. The Kier molecular flexibility index (Phi) is 1.76. The molecule has 0 bridgehead atoms. The fourth-order valence-electron chi connectivity index (χ4n) is 1.94. The number of aliphatic imine (C=N–C) groups is 1. The quantitative estimate of drug-likeness (QED) is 0.505. The van der Waals surface area contributed by atoms with Gasteiger partial charge < -0.3 is 5.73 Å². The van der Waals surface area contributed by atoms with Crippen LogP contribution in [0.3, 0.4) is 0 Å². The number of nitrogens with two attached hydrogens (primary N) is 1. The molecule has 15 heavy (non-hydrogen) atoms. The lowest BCUT2D eigenvalue weighted by Crippen LogP contribution is -2.13. The lowest BCUT2D eigenvalue weighted by Gasteiger charge is -2.11. The Balaban J connectivity index is 2.22. The fraction of sp³-hybridized carbons (Fsp3) is 0.0833. The molecule has 2 nitrogen and oxygen atoms in total. The molecule has 0 saturated heterocycles. The molecular weight excluding hydrogens is 204 g/mol. The second kappa shape index (κ2) is 3.00. The van der Waals surface area contributed by atoms with Crippen molar-refractivity contribution in [2.24, 2.45) is 4.99 Å². The van der Waals surface area contributed by atoms with Gasteiger partial charge in [0.25, 0.3) is 0 Å². The van der Waals surface area contributed by atoms with Crippen molar-refractivity contribution >= 4 is 35.3 Å². The standard InChI is InChI=1S/C12H10N2S/c13-7-4-5-10-9(6-7)8-2-1-3-11(15)12(8)14-10/h1-6,11,15H,13H2. The highest BCUT2D eigenvalue weighted by molar-refractivity contribution is 7.82. The van der Waals surface area contributed by atoms with Crippen LogP contribution in [0.25, 0.3) is 5.57 Å². The Morgan fingerprint density at radius 1 is 1.33 bits per heavy atom. The van der Waals surface area contributed by atoms with Crippen molar-refractivity contribution in [3.05, 3.63) is 42.0 Å². The molecule has 2 N–H and O–H groups in total. The van der Waals surface area contributed by atoms with E-state index in [9.17, 15) is 0 Å². The molecule has 1 unspecified atom stereocenters. The third-order valence-corrected chi connectivity index (χ3v) is 3.08. The zero-order valence-electron chi connectivity index (χ0n) is 8.01. The molecule has 74 valence electrons. The Hall–Kier alpha value is -1.48. The van der Waals surface area contributed by atoms with E-state index in [-0.39, 0.29) is 5.25 Å². The maximum absolute atomic E-state index is 5.77. The maximum atomic E-state index is 5.77. The highest BCUT2D eigenvalue weighted by Crippen LogP contribution is 2.39. The number of benzene rings is 1. The number of fused-ring (bicyclic) bond motifs is 3. The number of allylic oxidation sites excluding steroid dienone is 3. The molecule has 1 aromatic carbocycles. The van der Waals surface area contributed by atoms with E-state index in [1.54, 1.807) is 0 Å². The molecule has 0 aromatic heterocycles. The van der Waals surface area contributed by atoms with Gasteiger partial charge in [0.1, 0.15) is 0 Å². The molecule has 3 rings (SSSR count). The van der Waals surface area contributed by atoms with E-state index < -0.39 is 0 Å². The Labute approximate surface area is 93.6 Å². The summed E-state index contributed by atoms with van der Waals surface area (Å²) in [6.07, 6.45) is 6.11. The van der Waals surface area contributed by atoms with Gasteiger partial charge in [0.05, 0.1) is 16.6 Å². The van der Waals surface area contributed by atoms with E-state index in [1.165, 1.54) is 0 Å². The predicted octanol–water partition coefficient (Wildman–Crippen LogP) is 2.61. The van der Waals surface area contributed by atoms with Gasteiger partial charge in [-0.2, -0.15) is 12.6 Å². The van der Waals surface area contributed by atoms with Crippen LogP contribution in [-0.4, -0.2) is 11.0 Å². The summed E-state index contributed by atoms with van der Waals surface area (Å²) < 4.78 is 0. The summed E-state index contributed by atoms with van der Waals surface area (Å²) in [6, 6.07) is 5.80. The number of anilines is 1. The number of rotatable bonds is 0. The summed E-state index contributed by atoms with van der Waals surface area (Å²) in [5.41, 5.74) is 10.8. The minimum atomic E-state index is 0.0959. The summed E-state index contributed by atoms with van der Waals surface area (Å²) in [5.74, 6) is 0. The number of nitrogens with zero attached hydrogens (tertiary/aromatic N) is 1. The number of nitrogen functional groups attached to an aromatic ring is 1. The third-order valence-electron chi connectivity index (χ3n) is 2.66. The van der Waals surface area contributed by atoms with Crippen LogP contribution in [0.2, 0.25) is 0 Å². The van der Waals surface area contributed by atoms with Crippen molar-refractivity contribution < 1.29 is 0 Å². The molecule has 1 aromatic rings. The average molecular weight is 214 g/mol. The monoisotopic (exact) mass is 214 g/mol. The summed E-state index contributed by atoms with van der Waals surface area (Å²) in [6.45, 7) is 0. The van der Waals surface area contributed by atoms with Crippen LogP contribution in [0.4, 0.5) is 11.4 Å². The van der Waals surface area contributed by atoms with Crippen molar-refractivity contribution in [2.75, 3.05) is 5.73 Å². The molecule has 1 heterocycles. The van der Waals surface area contributed by atoms with Crippen molar-refractivity contribution in [1.82, 2.24) is 0 Å². The second-order valence-corrected chi connectivity index (χ2v) is 4.24. The molecule has 0 spiro atoms. The molecular formula is C12H10N2S. The highest BCUT2D eigenvalue weighted by atomic mass is 32.1. The van der Waals surface area contributed by atoms with Gasteiger partial charge in [0.15, 0.2) is 0 Å². The van der Waals surface area contributed by atoms with Gasteiger partial charge in [-0.1, -0.05) is 18.2 Å². The van der Waals surface area contributed by atoms with Crippen LogP contribution in [0.15, 0.2) is 41.4 Å². The van der Waals surface area contributed by atoms with Crippen LogP contribution >= 0.6 is 12.6 Å². The van der Waals surface area contributed by atoms with Gasteiger partial charge in [0, 0.05) is 16.8 Å². The number of hydrogen-bond acceptors (Lipinski definition) is 3. The molecule has 0 amide bonds. The van der Waals surface area contributed by atoms with E-state index in [0.717, 1.165) is 28.2 Å². The van der Waals surface area contributed by atoms with Crippen molar-refractivity contribution in [3.63, 3.8) is 0 Å². The van der Waals surface area contributed by atoms with Crippen molar-refractivity contribution in [1.29, 1.82) is 0 Å². The molecule has 0 saturated carbocycles. The van der Waals surface area contributed by atoms with Gasteiger partial charge in [-0.25, -0.2) is 0 Å². The van der Waals surface area contributed by atoms with E-state index in [4.69, 9.17) is 5.73 Å². The topological polar surface area (TPSA) is 38.4 Å². The zero-order valence-corrected chi connectivity index (χ0v) is 8.91. The predicted molar refractivity (Wildman–Crippen MR) is 67.8 cm³/mol. The number of hydrogen-bond donors (Lipinski definition) is 2. The summed E-state index contributed by atoms with van der Waals surface area (Å²) in [7, 11) is 0. The molecule has 1 atom stereocenters. The third kappa shape index (κ3) is 1.23. The van der Waals surface area contributed by atoms with Crippen molar-refractivity contribution in [2.45, 2.75) is 5.25 Å². The van der Waals surface area contributed by atoms with E-state index in [1.807, 2.05) is 30.4 Å². The van der Waals surface area contributed by atoms with E-state index in [0.29, 0.717) is 0 Å². The molecule has 2 aliphatic rings. The largest absolute Gasteiger partial charge is 0.399 e. The van der Waals surface area contributed by atoms with Crippen LogP contribution < -0.4 is 5.73 Å². The number of thiol groups is 1. The Morgan fingerprint density at radius 2 is 2.20 bits per heavy atom.